The van der Waals surface area contributed by atoms with Crippen molar-refractivity contribution in [3.8, 4) is 0 Å². The zero-order valence-electron chi connectivity index (χ0n) is 7.68. The average molecular weight is 209 g/mol. The van der Waals surface area contributed by atoms with E-state index >= 15 is 0 Å². The highest BCUT2D eigenvalue weighted by Gasteiger charge is 2.03. The van der Waals surface area contributed by atoms with Crippen LogP contribution in [-0.2, 0) is 13.5 Å². The van der Waals surface area contributed by atoms with Gasteiger partial charge in [0.05, 0.1) is 11.9 Å². The van der Waals surface area contributed by atoms with Crippen LogP contribution in [0.1, 0.15) is 11.5 Å². The fourth-order valence-electron chi connectivity index (χ4n) is 1.19. The van der Waals surface area contributed by atoms with E-state index in [1.807, 2.05) is 17.8 Å². The van der Waals surface area contributed by atoms with E-state index in [-0.39, 0.29) is 0 Å². The fourth-order valence-corrected chi connectivity index (χ4v) is 1.36. The number of aromatic nitrogens is 4. The van der Waals surface area contributed by atoms with Crippen LogP contribution in [-0.4, -0.2) is 19.5 Å². The van der Waals surface area contributed by atoms with Crippen molar-refractivity contribution < 1.29 is 0 Å². The summed E-state index contributed by atoms with van der Waals surface area (Å²) in [5.41, 5.74) is 0.826. The SMILES string of the molecule is Cn1ccnc1Cc1cncc(Cl)n1. The topological polar surface area (TPSA) is 43.6 Å². The van der Waals surface area contributed by atoms with Crippen molar-refractivity contribution in [2.45, 2.75) is 6.42 Å². The number of aryl methyl sites for hydroxylation is 1. The Morgan fingerprint density at radius 2 is 2.29 bits per heavy atom. The van der Waals surface area contributed by atoms with Crippen LogP contribution in [0.5, 0.6) is 0 Å². The standard InChI is InChI=1S/C9H9ClN4/c1-14-3-2-12-9(14)4-7-5-11-6-8(10)13-7/h2-3,5-6H,4H2,1H3. The van der Waals surface area contributed by atoms with Crippen molar-refractivity contribution in [1.82, 2.24) is 19.5 Å². The van der Waals surface area contributed by atoms with E-state index in [0.717, 1.165) is 11.5 Å². The van der Waals surface area contributed by atoms with Crippen molar-refractivity contribution >= 4 is 11.6 Å². The molecule has 0 bridgehead atoms. The maximum atomic E-state index is 5.72. The van der Waals surface area contributed by atoms with Gasteiger partial charge in [0.25, 0.3) is 0 Å². The molecule has 0 saturated carbocycles. The van der Waals surface area contributed by atoms with Crippen LogP contribution in [0.25, 0.3) is 0 Å². The Balaban J connectivity index is 2.23. The minimum Gasteiger partial charge on any atom is -0.338 e. The molecule has 2 heterocycles. The predicted octanol–water partition coefficient (Wildman–Crippen LogP) is 1.45. The van der Waals surface area contributed by atoms with E-state index in [4.69, 9.17) is 11.6 Å². The van der Waals surface area contributed by atoms with E-state index < -0.39 is 0 Å². The minimum absolute atomic E-state index is 0.414. The molecule has 0 unspecified atom stereocenters. The highest BCUT2D eigenvalue weighted by atomic mass is 35.5. The molecule has 72 valence electrons. The zero-order valence-corrected chi connectivity index (χ0v) is 8.44. The summed E-state index contributed by atoms with van der Waals surface area (Å²) in [6.07, 6.45) is 7.52. The Morgan fingerprint density at radius 1 is 1.43 bits per heavy atom. The monoisotopic (exact) mass is 208 g/mol. The molecule has 0 N–H and O–H groups in total. The Kier molecular flexibility index (Phi) is 2.45. The summed E-state index contributed by atoms with van der Waals surface area (Å²) in [6.45, 7) is 0. The van der Waals surface area contributed by atoms with Gasteiger partial charge in [0.1, 0.15) is 11.0 Å². The quantitative estimate of drug-likeness (QED) is 0.751. The molecule has 0 spiro atoms. The van der Waals surface area contributed by atoms with Gasteiger partial charge in [-0.1, -0.05) is 11.6 Å². The molecule has 5 heteroatoms. The number of nitrogens with zero attached hydrogens (tertiary/aromatic N) is 4. The summed E-state index contributed by atoms with van der Waals surface area (Å²) >= 11 is 5.72. The van der Waals surface area contributed by atoms with E-state index in [9.17, 15) is 0 Å². The lowest BCUT2D eigenvalue weighted by Gasteiger charge is -2.00. The molecule has 0 saturated heterocycles. The molecule has 4 nitrogen and oxygen atoms in total. The highest BCUT2D eigenvalue weighted by molar-refractivity contribution is 6.29. The molecule has 0 aliphatic rings. The third-order valence-corrected chi connectivity index (χ3v) is 2.10. The van der Waals surface area contributed by atoms with Crippen molar-refractivity contribution in [1.29, 1.82) is 0 Å². The Bertz CT molecular complexity index is 438. The first-order valence-electron chi connectivity index (χ1n) is 4.18. The molecule has 0 aliphatic carbocycles. The van der Waals surface area contributed by atoms with Crippen molar-refractivity contribution in [3.05, 3.63) is 41.5 Å². The molecule has 0 amide bonds. The second-order valence-corrected chi connectivity index (χ2v) is 3.35. The Morgan fingerprint density at radius 3 is 2.93 bits per heavy atom. The van der Waals surface area contributed by atoms with Gasteiger partial charge in [-0.15, -0.1) is 0 Å². The molecule has 0 radical (unpaired) electrons. The summed E-state index contributed by atoms with van der Waals surface area (Å²) < 4.78 is 1.95. The summed E-state index contributed by atoms with van der Waals surface area (Å²) in [5, 5.41) is 0.414. The van der Waals surface area contributed by atoms with Crippen LogP contribution in [0.2, 0.25) is 5.15 Å². The minimum atomic E-state index is 0.414. The lowest BCUT2D eigenvalue weighted by molar-refractivity contribution is 0.808. The number of hydrogen-bond donors (Lipinski definition) is 0. The molecule has 2 aromatic rings. The summed E-state index contributed by atoms with van der Waals surface area (Å²) in [5.74, 6) is 0.946. The van der Waals surface area contributed by atoms with E-state index in [1.165, 1.54) is 6.20 Å². The average Bonchev–Trinajstić information content (AvgIpc) is 2.52. The number of imidazole rings is 1. The van der Waals surface area contributed by atoms with E-state index in [2.05, 4.69) is 15.0 Å². The summed E-state index contributed by atoms with van der Waals surface area (Å²) in [6, 6.07) is 0. The molecule has 0 aromatic carbocycles. The molecule has 0 atom stereocenters. The lowest BCUT2D eigenvalue weighted by atomic mass is 10.3. The molecule has 14 heavy (non-hydrogen) atoms. The van der Waals surface area contributed by atoms with Gasteiger partial charge in [0.2, 0.25) is 0 Å². The van der Waals surface area contributed by atoms with Crippen LogP contribution in [0, 0.1) is 0 Å². The first-order chi connectivity index (χ1) is 6.75. The van der Waals surface area contributed by atoms with E-state index in [1.54, 1.807) is 12.4 Å². The summed E-state index contributed by atoms with van der Waals surface area (Å²) in [4.78, 5) is 12.3. The van der Waals surface area contributed by atoms with Crippen LogP contribution < -0.4 is 0 Å². The molecular weight excluding hydrogens is 200 g/mol. The Hall–Kier alpha value is -1.42. The number of rotatable bonds is 2. The van der Waals surface area contributed by atoms with Crippen molar-refractivity contribution in [2.24, 2.45) is 7.05 Å². The first kappa shape index (κ1) is 9.15. The maximum Gasteiger partial charge on any atom is 0.147 e. The normalized spacial score (nSPS) is 10.4. The maximum absolute atomic E-state index is 5.72. The predicted molar refractivity (Wildman–Crippen MR) is 53.1 cm³/mol. The third-order valence-electron chi connectivity index (χ3n) is 1.92. The van der Waals surface area contributed by atoms with Crippen LogP contribution in [0.15, 0.2) is 24.8 Å². The Labute approximate surface area is 86.6 Å². The van der Waals surface area contributed by atoms with Crippen molar-refractivity contribution in [2.75, 3.05) is 0 Å². The lowest BCUT2D eigenvalue weighted by Crippen LogP contribution is -2.00. The summed E-state index contributed by atoms with van der Waals surface area (Å²) in [7, 11) is 1.94. The largest absolute Gasteiger partial charge is 0.338 e. The van der Waals surface area contributed by atoms with Gasteiger partial charge in [-0.25, -0.2) is 9.97 Å². The van der Waals surface area contributed by atoms with Crippen LogP contribution in [0.4, 0.5) is 0 Å². The highest BCUT2D eigenvalue weighted by Crippen LogP contribution is 2.06. The van der Waals surface area contributed by atoms with Gasteiger partial charge >= 0.3 is 0 Å². The van der Waals surface area contributed by atoms with E-state index in [0.29, 0.717) is 11.6 Å². The smallest absolute Gasteiger partial charge is 0.147 e. The number of hydrogen-bond acceptors (Lipinski definition) is 3. The van der Waals surface area contributed by atoms with Crippen LogP contribution in [0.3, 0.4) is 0 Å². The zero-order chi connectivity index (χ0) is 9.97. The van der Waals surface area contributed by atoms with Gasteiger partial charge in [-0.05, 0) is 0 Å². The molecule has 2 aromatic heterocycles. The van der Waals surface area contributed by atoms with Gasteiger partial charge in [0.15, 0.2) is 0 Å². The van der Waals surface area contributed by atoms with Gasteiger partial charge < -0.3 is 4.57 Å². The first-order valence-corrected chi connectivity index (χ1v) is 4.56. The second-order valence-electron chi connectivity index (χ2n) is 2.96. The van der Waals surface area contributed by atoms with Gasteiger partial charge in [0, 0.05) is 32.1 Å². The molecule has 0 aliphatic heterocycles. The van der Waals surface area contributed by atoms with Crippen molar-refractivity contribution in [3.63, 3.8) is 0 Å². The second kappa shape index (κ2) is 3.75. The fraction of sp³-hybridized carbons (Fsp3) is 0.222. The molecule has 0 fully saturated rings. The molecular formula is C9H9ClN4. The van der Waals surface area contributed by atoms with Gasteiger partial charge in [-0.3, -0.25) is 4.98 Å². The third kappa shape index (κ3) is 1.90. The van der Waals surface area contributed by atoms with Gasteiger partial charge in [-0.2, -0.15) is 0 Å². The number of halogens is 1. The molecule has 2 rings (SSSR count). The van der Waals surface area contributed by atoms with Crippen LogP contribution >= 0.6 is 11.6 Å².